The second kappa shape index (κ2) is 5.08. The lowest BCUT2D eigenvalue weighted by molar-refractivity contribution is -0.140. The topological polar surface area (TPSA) is 63.6 Å². The number of rotatable bonds is 5. The van der Waals surface area contributed by atoms with Gasteiger partial charge in [0.1, 0.15) is 5.03 Å². The molecule has 1 saturated carbocycles. The van der Waals surface area contributed by atoms with Crippen molar-refractivity contribution in [3.05, 3.63) is 11.1 Å². The van der Waals surface area contributed by atoms with E-state index in [2.05, 4.69) is 0 Å². The number of carboxylic acids is 1. The molecule has 0 aromatic heterocycles. The van der Waals surface area contributed by atoms with E-state index < -0.39 is 17.9 Å². The maximum absolute atomic E-state index is 11.4. The molecule has 0 spiro atoms. The molecule has 1 rings (SSSR count). The number of carboxylic acid groups (broad SMARTS) is 1. The van der Waals surface area contributed by atoms with Crippen molar-refractivity contribution >= 4 is 23.5 Å². The molecule has 2 atom stereocenters. The van der Waals surface area contributed by atoms with Crippen LogP contribution in [0.5, 0.6) is 0 Å². The maximum Gasteiger partial charge on any atom is 0.349 e. The molecule has 0 aromatic rings. The largest absolute Gasteiger partial charge is 0.481 e. The molecule has 0 saturated heterocycles. The fraction of sp³-hybridized carbons (Fsp3) is 0.667. The first-order chi connectivity index (χ1) is 7.82. The number of hydrogen-bond acceptors (Lipinski definition) is 3. The smallest absolute Gasteiger partial charge is 0.349 e. The molecule has 0 aliphatic heterocycles. The molecule has 0 radical (unpaired) electrons. The van der Waals surface area contributed by atoms with Crippen molar-refractivity contribution in [3.8, 4) is 0 Å². The third-order valence-electron chi connectivity index (χ3n) is 3.13. The summed E-state index contributed by atoms with van der Waals surface area (Å²) in [5.74, 6) is -2.13. The van der Waals surface area contributed by atoms with Gasteiger partial charge >= 0.3 is 11.9 Å². The Morgan fingerprint density at radius 2 is 2.06 bits per heavy atom. The second-order valence-electron chi connectivity index (χ2n) is 4.81. The average Bonchev–Trinajstić information content (AvgIpc) is 2.76. The maximum atomic E-state index is 11.4. The highest BCUT2D eigenvalue weighted by Crippen LogP contribution is 2.59. The highest BCUT2D eigenvalue weighted by atomic mass is 35.5. The third-order valence-corrected chi connectivity index (χ3v) is 3.42. The van der Waals surface area contributed by atoms with Gasteiger partial charge in [-0.15, -0.1) is 0 Å². The Morgan fingerprint density at radius 1 is 1.47 bits per heavy atom. The molecule has 1 aliphatic carbocycles. The molecule has 5 heteroatoms. The molecular formula is C12H17ClO4. The van der Waals surface area contributed by atoms with Gasteiger partial charge < -0.3 is 9.84 Å². The minimum absolute atomic E-state index is 0.0275. The molecule has 1 aliphatic rings. The SMILES string of the molecule is CCCOC(=O)C(Cl)=CC1C(C(=O)O)C1(C)C. The number of allylic oxidation sites excluding steroid dienone is 1. The van der Waals surface area contributed by atoms with Crippen LogP contribution in [-0.2, 0) is 14.3 Å². The first kappa shape index (κ1) is 14.0. The minimum atomic E-state index is -0.859. The van der Waals surface area contributed by atoms with Crippen LogP contribution in [0.3, 0.4) is 0 Å². The van der Waals surface area contributed by atoms with Crippen LogP contribution in [0.25, 0.3) is 0 Å². The van der Waals surface area contributed by atoms with E-state index >= 15 is 0 Å². The molecular weight excluding hydrogens is 244 g/mol. The molecule has 17 heavy (non-hydrogen) atoms. The Hall–Kier alpha value is -1.03. The van der Waals surface area contributed by atoms with E-state index in [1.165, 1.54) is 6.08 Å². The van der Waals surface area contributed by atoms with Gasteiger partial charge in [-0.05, 0) is 17.8 Å². The predicted octanol–water partition coefficient (Wildman–Crippen LogP) is 2.42. The van der Waals surface area contributed by atoms with Crippen LogP contribution < -0.4 is 0 Å². The minimum Gasteiger partial charge on any atom is -0.481 e. The van der Waals surface area contributed by atoms with Gasteiger partial charge in [0.25, 0.3) is 0 Å². The van der Waals surface area contributed by atoms with E-state index in [9.17, 15) is 9.59 Å². The standard InChI is InChI=1S/C12H17ClO4/c1-4-5-17-11(16)8(13)6-7-9(10(14)15)12(7,2)3/h6-7,9H,4-5H2,1-3H3,(H,14,15). The van der Waals surface area contributed by atoms with Gasteiger partial charge in [0.15, 0.2) is 0 Å². The zero-order valence-corrected chi connectivity index (χ0v) is 11.0. The quantitative estimate of drug-likeness (QED) is 0.609. The summed E-state index contributed by atoms with van der Waals surface area (Å²) in [7, 11) is 0. The number of carbonyl (C=O) groups excluding carboxylic acids is 1. The summed E-state index contributed by atoms with van der Waals surface area (Å²) in [5, 5.41) is 8.94. The Morgan fingerprint density at radius 3 is 2.47 bits per heavy atom. The van der Waals surface area contributed by atoms with Gasteiger partial charge in [-0.3, -0.25) is 4.79 Å². The van der Waals surface area contributed by atoms with Crippen molar-refractivity contribution in [1.29, 1.82) is 0 Å². The first-order valence-corrected chi connectivity index (χ1v) is 5.97. The van der Waals surface area contributed by atoms with Crippen molar-refractivity contribution in [2.45, 2.75) is 27.2 Å². The van der Waals surface area contributed by atoms with Crippen LogP contribution in [0.4, 0.5) is 0 Å². The van der Waals surface area contributed by atoms with Gasteiger partial charge in [0.2, 0.25) is 0 Å². The molecule has 4 nitrogen and oxygen atoms in total. The van der Waals surface area contributed by atoms with Gasteiger partial charge in [-0.2, -0.15) is 0 Å². The number of aliphatic carboxylic acids is 1. The van der Waals surface area contributed by atoms with Gasteiger partial charge in [-0.1, -0.05) is 38.4 Å². The van der Waals surface area contributed by atoms with E-state index in [1.807, 2.05) is 20.8 Å². The lowest BCUT2D eigenvalue weighted by Crippen LogP contribution is -2.06. The number of ether oxygens (including phenoxy) is 1. The van der Waals surface area contributed by atoms with E-state index in [0.717, 1.165) is 6.42 Å². The third kappa shape index (κ3) is 3.00. The summed E-state index contributed by atoms with van der Waals surface area (Å²) in [4.78, 5) is 22.3. The van der Waals surface area contributed by atoms with E-state index in [-0.39, 0.29) is 16.4 Å². The summed E-state index contributed by atoms with van der Waals surface area (Å²) in [6, 6.07) is 0. The lowest BCUT2D eigenvalue weighted by Gasteiger charge is -2.01. The Labute approximate surface area is 106 Å². The van der Waals surface area contributed by atoms with Crippen molar-refractivity contribution in [1.82, 2.24) is 0 Å². The summed E-state index contributed by atoms with van der Waals surface area (Å²) in [6.45, 7) is 5.89. The Kier molecular flexibility index (Phi) is 4.20. The monoisotopic (exact) mass is 260 g/mol. The number of halogens is 1. The fourth-order valence-corrected chi connectivity index (χ4v) is 2.14. The molecule has 1 fully saturated rings. The van der Waals surface area contributed by atoms with Crippen molar-refractivity contribution < 1.29 is 19.4 Å². The van der Waals surface area contributed by atoms with Crippen LogP contribution in [-0.4, -0.2) is 23.7 Å². The summed E-state index contributed by atoms with van der Waals surface area (Å²) in [6.07, 6.45) is 2.22. The number of esters is 1. The van der Waals surface area contributed by atoms with Crippen molar-refractivity contribution in [3.63, 3.8) is 0 Å². The predicted molar refractivity (Wildman–Crippen MR) is 63.6 cm³/mol. The summed E-state index contributed by atoms with van der Waals surface area (Å²) < 4.78 is 4.86. The summed E-state index contributed by atoms with van der Waals surface area (Å²) in [5.41, 5.74) is -0.350. The normalized spacial score (nSPS) is 26.5. The molecule has 0 amide bonds. The summed E-state index contributed by atoms with van der Waals surface area (Å²) >= 11 is 5.79. The van der Waals surface area contributed by atoms with E-state index in [0.29, 0.717) is 6.61 Å². The highest BCUT2D eigenvalue weighted by Gasteiger charge is 2.61. The lowest BCUT2D eigenvalue weighted by atomic mass is 10.1. The van der Waals surface area contributed by atoms with Crippen LogP contribution in [0, 0.1) is 17.3 Å². The van der Waals surface area contributed by atoms with E-state index in [4.69, 9.17) is 21.4 Å². The highest BCUT2D eigenvalue weighted by molar-refractivity contribution is 6.41. The second-order valence-corrected chi connectivity index (χ2v) is 5.22. The zero-order valence-electron chi connectivity index (χ0n) is 10.2. The molecule has 2 unspecified atom stereocenters. The van der Waals surface area contributed by atoms with Crippen LogP contribution >= 0.6 is 11.6 Å². The number of carbonyl (C=O) groups is 2. The number of hydrogen-bond donors (Lipinski definition) is 1. The molecule has 1 N–H and O–H groups in total. The molecule has 96 valence electrons. The van der Waals surface area contributed by atoms with E-state index in [1.54, 1.807) is 0 Å². The van der Waals surface area contributed by atoms with Crippen LogP contribution in [0.2, 0.25) is 0 Å². The Balaban J connectivity index is 2.65. The fourth-order valence-electron chi connectivity index (χ4n) is 1.95. The molecule has 0 aromatic carbocycles. The molecule has 0 bridgehead atoms. The van der Waals surface area contributed by atoms with Gasteiger partial charge in [0.05, 0.1) is 12.5 Å². The van der Waals surface area contributed by atoms with Crippen molar-refractivity contribution in [2.24, 2.45) is 17.3 Å². The zero-order chi connectivity index (χ0) is 13.2. The van der Waals surface area contributed by atoms with Crippen molar-refractivity contribution in [2.75, 3.05) is 6.61 Å². The van der Waals surface area contributed by atoms with Gasteiger partial charge in [-0.25, -0.2) is 4.79 Å². The first-order valence-electron chi connectivity index (χ1n) is 5.59. The average molecular weight is 261 g/mol. The van der Waals surface area contributed by atoms with Crippen LogP contribution in [0.1, 0.15) is 27.2 Å². The van der Waals surface area contributed by atoms with Gasteiger partial charge in [0, 0.05) is 0 Å². The Bertz CT molecular complexity index is 360. The molecule has 0 heterocycles. The van der Waals surface area contributed by atoms with Crippen LogP contribution in [0.15, 0.2) is 11.1 Å².